The predicted molar refractivity (Wildman–Crippen MR) is 52.6 cm³/mol. The molecule has 64 valence electrons. The Labute approximate surface area is 76.5 Å². The monoisotopic (exact) mass is 171 g/mol. The molecule has 0 amide bonds. The minimum absolute atomic E-state index is 0.296. The molecule has 0 aliphatic rings. The molecule has 2 nitrogen and oxygen atoms in total. The zero-order valence-electron chi connectivity index (χ0n) is 7.08. The SMILES string of the molecule is C#CCOc1[nH]cc2ccccc12. The van der Waals surface area contributed by atoms with E-state index in [0.29, 0.717) is 6.61 Å². The van der Waals surface area contributed by atoms with Gasteiger partial charge in [-0.3, -0.25) is 0 Å². The Morgan fingerprint density at radius 2 is 2.23 bits per heavy atom. The number of ether oxygens (including phenoxy) is 1. The van der Waals surface area contributed by atoms with Crippen molar-refractivity contribution < 1.29 is 4.74 Å². The Hall–Kier alpha value is -1.88. The molecule has 0 fully saturated rings. The zero-order valence-corrected chi connectivity index (χ0v) is 7.08. The van der Waals surface area contributed by atoms with Crippen molar-refractivity contribution >= 4 is 10.8 Å². The smallest absolute Gasteiger partial charge is 0.199 e. The lowest BCUT2D eigenvalue weighted by Crippen LogP contribution is -1.93. The number of H-pyrrole nitrogens is 1. The van der Waals surface area contributed by atoms with Crippen LogP contribution < -0.4 is 4.74 Å². The molecule has 0 radical (unpaired) electrons. The molecule has 0 atom stereocenters. The number of rotatable bonds is 2. The minimum Gasteiger partial charge on any atom is -0.465 e. The van der Waals surface area contributed by atoms with Gasteiger partial charge in [0.2, 0.25) is 0 Å². The average Bonchev–Trinajstić information content (AvgIpc) is 2.58. The molecule has 2 rings (SSSR count). The molecule has 2 aromatic rings. The zero-order chi connectivity index (χ0) is 9.10. The number of hydrogen-bond acceptors (Lipinski definition) is 1. The van der Waals surface area contributed by atoms with E-state index in [4.69, 9.17) is 11.2 Å². The number of aromatic nitrogens is 1. The molecule has 1 heterocycles. The molecular formula is C11H9NO. The van der Waals surface area contributed by atoms with Gasteiger partial charge in [0, 0.05) is 17.0 Å². The summed E-state index contributed by atoms with van der Waals surface area (Å²) in [6.45, 7) is 0.296. The first-order chi connectivity index (χ1) is 6.42. The third kappa shape index (κ3) is 1.36. The molecular weight excluding hydrogens is 162 g/mol. The van der Waals surface area contributed by atoms with Crippen LogP contribution in [0, 0.1) is 12.3 Å². The van der Waals surface area contributed by atoms with Crippen LogP contribution in [0.4, 0.5) is 0 Å². The Balaban J connectivity index is 2.41. The highest BCUT2D eigenvalue weighted by atomic mass is 16.5. The van der Waals surface area contributed by atoms with Crippen LogP contribution in [0.2, 0.25) is 0 Å². The molecule has 0 aliphatic heterocycles. The molecule has 13 heavy (non-hydrogen) atoms. The van der Waals surface area contributed by atoms with Crippen molar-refractivity contribution in [1.82, 2.24) is 4.98 Å². The number of fused-ring (bicyclic) bond motifs is 1. The lowest BCUT2D eigenvalue weighted by atomic mass is 10.2. The highest BCUT2D eigenvalue weighted by Gasteiger charge is 2.01. The topological polar surface area (TPSA) is 25.0 Å². The van der Waals surface area contributed by atoms with E-state index in [-0.39, 0.29) is 0 Å². The summed E-state index contributed by atoms with van der Waals surface area (Å²) in [4.78, 5) is 3.03. The Bertz CT molecular complexity index is 450. The van der Waals surface area contributed by atoms with Gasteiger partial charge in [0.15, 0.2) is 12.5 Å². The fourth-order valence-corrected chi connectivity index (χ4v) is 1.28. The molecule has 0 bridgehead atoms. The lowest BCUT2D eigenvalue weighted by molar-refractivity contribution is 0.362. The van der Waals surface area contributed by atoms with E-state index in [1.807, 2.05) is 30.5 Å². The first-order valence-corrected chi connectivity index (χ1v) is 4.04. The average molecular weight is 171 g/mol. The van der Waals surface area contributed by atoms with Crippen LogP contribution in [0.15, 0.2) is 30.5 Å². The van der Waals surface area contributed by atoms with Crippen LogP contribution in [0.3, 0.4) is 0 Å². The van der Waals surface area contributed by atoms with Gasteiger partial charge in [-0.2, -0.15) is 0 Å². The van der Waals surface area contributed by atoms with E-state index in [1.54, 1.807) is 0 Å². The molecule has 0 spiro atoms. The molecule has 1 N–H and O–H groups in total. The van der Waals surface area contributed by atoms with Crippen LogP contribution >= 0.6 is 0 Å². The highest BCUT2D eigenvalue weighted by Crippen LogP contribution is 2.23. The standard InChI is InChI=1S/C11H9NO/c1-2-7-13-11-10-6-4-3-5-9(10)8-12-11/h1,3-6,8,12H,7H2. The fourth-order valence-electron chi connectivity index (χ4n) is 1.28. The summed E-state index contributed by atoms with van der Waals surface area (Å²) >= 11 is 0. The Morgan fingerprint density at radius 1 is 1.38 bits per heavy atom. The van der Waals surface area contributed by atoms with Crippen LogP contribution in [0.5, 0.6) is 5.88 Å². The number of aromatic amines is 1. The third-order valence-electron chi connectivity index (χ3n) is 1.86. The summed E-state index contributed by atoms with van der Waals surface area (Å²) in [5, 5.41) is 2.20. The summed E-state index contributed by atoms with van der Waals surface area (Å²) in [6.07, 6.45) is 7.00. The number of terminal acetylenes is 1. The maximum absolute atomic E-state index is 5.32. The first-order valence-electron chi connectivity index (χ1n) is 4.04. The fraction of sp³-hybridized carbons (Fsp3) is 0.0909. The van der Waals surface area contributed by atoms with E-state index in [2.05, 4.69) is 10.9 Å². The normalized spacial score (nSPS) is 9.77. The highest BCUT2D eigenvalue weighted by molar-refractivity contribution is 5.87. The van der Waals surface area contributed by atoms with Crippen LogP contribution in [-0.2, 0) is 0 Å². The van der Waals surface area contributed by atoms with Gasteiger partial charge in [-0.05, 0) is 6.07 Å². The van der Waals surface area contributed by atoms with Crippen molar-refractivity contribution in [2.45, 2.75) is 0 Å². The van der Waals surface area contributed by atoms with Gasteiger partial charge in [0.25, 0.3) is 0 Å². The van der Waals surface area contributed by atoms with E-state index >= 15 is 0 Å². The van der Waals surface area contributed by atoms with Gasteiger partial charge in [-0.15, -0.1) is 6.42 Å². The Kier molecular flexibility index (Phi) is 1.93. The van der Waals surface area contributed by atoms with Crippen LogP contribution in [0.1, 0.15) is 0 Å². The second-order valence-corrected chi connectivity index (χ2v) is 2.70. The van der Waals surface area contributed by atoms with Crippen molar-refractivity contribution in [1.29, 1.82) is 0 Å². The van der Waals surface area contributed by atoms with E-state index in [0.717, 1.165) is 16.7 Å². The summed E-state index contributed by atoms with van der Waals surface area (Å²) in [7, 11) is 0. The third-order valence-corrected chi connectivity index (χ3v) is 1.86. The van der Waals surface area contributed by atoms with Crippen molar-refractivity contribution in [2.24, 2.45) is 0 Å². The van der Waals surface area contributed by atoms with Crippen LogP contribution in [0.25, 0.3) is 10.8 Å². The van der Waals surface area contributed by atoms with Gasteiger partial charge in [0.1, 0.15) is 0 Å². The summed E-state index contributed by atoms with van der Waals surface area (Å²) in [5.41, 5.74) is 0. The molecule has 0 saturated carbocycles. The van der Waals surface area contributed by atoms with E-state index in [9.17, 15) is 0 Å². The van der Waals surface area contributed by atoms with Gasteiger partial charge in [0.05, 0.1) is 0 Å². The number of nitrogens with one attached hydrogen (secondary N) is 1. The number of hydrogen-bond donors (Lipinski definition) is 1. The maximum atomic E-state index is 5.32. The minimum atomic E-state index is 0.296. The second-order valence-electron chi connectivity index (χ2n) is 2.70. The maximum Gasteiger partial charge on any atom is 0.199 e. The van der Waals surface area contributed by atoms with Gasteiger partial charge >= 0.3 is 0 Å². The summed E-state index contributed by atoms with van der Waals surface area (Å²) in [5.74, 6) is 3.17. The molecule has 0 unspecified atom stereocenters. The van der Waals surface area contributed by atoms with Gasteiger partial charge in [-0.25, -0.2) is 0 Å². The van der Waals surface area contributed by atoms with Crippen molar-refractivity contribution in [2.75, 3.05) is 6.61 Å². The largest absolute Gasteiger partial charge is 0.465 e. The molecule has 1 aromatic heterocycles. The molecule has 2 heteroatoms. The molecule has 0 saturated heterocycles. The van der Waals surface area contributed by atoms with E-state index in [1.165, 1.54) is 0 Å². The lowest BCUT2D eigenvalue weighted by Gasteiger charge is -1.98. The van der Waals surface area contributed by atoms with Gasteiger partial charge < -0.3 is 9.72 Å². The second kappa shape index (κ2) is 3.24. The van der Waals surface area contributed by atoms with Crippen LogP contribution in [-0.4, -0.2) is 11.6 Å². The van der Waals surface area contributed by atoms with E-state index < -0.39 is 0 Å². The predicted octanol–water partition coefficient (Wildman–Crippen LogP) is 2.18. The van der Waals surface area contributed by atoms with Crippen molar-refractivity contribution in [3.8, 4) is 18.2 Å². The number of benzene rings is 1. The Morgan fingerprint density at radius 3 is 3.08 bits per heavy atom. The van der Waals surface area contributed by atoms with Crippen molar-refractivity contribution in [3.05, 3.63) is 30.5 Å². The molecule has 1 aromatic carbocycles. The first kappa shape index (κ1) is 7.75. The quantitative estimate of drug-likeness (QED) is 0.688. The summed E-state index contributed by atoms with van der Waals surface area (Å²) < 4.78 is 5.32. The molecule has 0 aliphatic carbocycles. The van der Waals surface area contributed by atoms with Gasteiger partial charge in [-0.1, -0.05) is 24.1 Å². The van der Waals surface area contributed by atoms with Crippen molar-refractivity contribution in [3.63, 3.8) is 0 Å². The summed E-state index contributed by atoms with van der Waals surface area (Å²) in [6, 6.07) is 7.98.